The zero-order chi connectivity index (χ0) is 20.1. The van der Waals surface area contributed by atoms with Gasteiger partial charge in [-0.15, -0.1) is 24.0 Å². The first kappa shape index (κ1) is 23.4. The van der Waals surface area contributed by atoms with Gasteiger partial charge in [-0.3, -0.25) is 4.99 Å². The number of hydrogen-bond acceptors (Lipinski definition) is 4. The van der Waals surface area contributed by atoms with Crippen LogP contribution in [0.25, 0.3) is 0 Å². The van der Waals surface area contributed by atoms with Gasteiger partial charge in [0.25, 0.3) is 0 Å². The van der Waals surface area contributed by atoms with Gasteiger partial charge in [0.05, 0.1) is 6.10 Å². The van der Waals surface area contributed by atoms with E-state index in [1.165, 1.54) is 31.2 Å². The van der Waals surface area contributed by atoms with Crippen molar-refractivity contribution in [3.05, 3.63) is 23.8 Å². The van der Waals surface area contributed by atoms with Crippen LogP contribution in [-0.2, 0) is 10.2 Å². The van der Waals surface area contributed by atoms with Crippen molar-refractivity contribution in [2.75, 3.05) is 46.5 Å². The van der Waals surface area contributed by atoms with Crippen molar-refractivity contribution >= 4 is 29.9 Å². The Morgan fingerprint density at radius 2 is 1.87 bits per heavy atom. The van der Waals surface area contributed by atoms with E-state index in [9.17, 15) is 0 Å². The molecule has 0 radical (unpaired) electrons. The number of nitrogens with zero attached hydrogens (tertiary/aromatic N) is 2. The molecule has 0 atom stereocenters. The number of nitrogens with one attached hydrogen (secondary N) is 1. The molecule has 0 amide bonds. The Kier molecular flexibility index (Phi) is 8.51. The summed E-state index contributed by atoms with van der Waals surface area (Å²) < 4.78 is 17.4. The molecular formula is C23H36IN3O3. The molecule has 2 heterocycles. The molecule has 3 aliphatic rings. The summed E-state index contributed by atoms with van der Waals surface area (Å²) in [5, 5.41) is 3.71. The fourth-order valence-corrected chi connectivity index (χ4v) is 5.04. The van der Waals surface area contributed by atoms with Crippen molar-refractivity contribution in [2.45, 2.75) is 57.0 Å². The Balaban J connectivity index is 0.00000256. The Hall–Kier alpha value is -1.22. The molecule has 0 bridgehead atoms. The van der Waals surface area contributed by atoms with Gasteiger partial charge in [-0.2, -0.15) is 0 Å². The third-order valence-corrected chi connectivity index (χ3v) is 6.66. The Bertz CT molecular complexity index is 714. The van der Waals surface area contributed by atoms with E-state index < -0.39 is 0 Å². The quantitative estimate of drug-likeness (QED) is 0.356. The monoisotopic (exact) mass is 529 g/mol. The van der Waals surface area contributed by atoms with Crippen molar-refractivity contribution < 1.29 is 14.2 Å². The van der Waals surface area contributed by atoms with E-state index in [0.717, 1.165) is 56.5 Å². The number of fused-ring (bicyclic) bond motifs is 1. The average Bonchev–Trinajstić information content (AvgIpc) is 3.25. The summed E-state index contributed by atoms with van der Waals surface area (Å²) in [6.07, 6.45) is 7.48. The summed E-state index contributed by atoms with van der Waals surface area (Å²) in [6, 6.07) is 6.52. The van der Waals surface area contributed by atoms with E-state index in [1.54, 1.807) is 0 Å². The molecule has 6 nitrogen and oxygen atoms in total. The van der Waals surface area contributed by atoms with Gasteiger partial charge >= 0.3 is 0 Å². The average molecular weight is 529 g/mol. The maximum atomic E-state index is 5.85. The lowest BCUT2D eigenvalue weighted by atomic mass is 9.78. The first-order valence-electron chi connectivity index (χ1n) is 11.2. The second-order valence-corrected chi connectivity index (χ2v) is 8.39. The topological polar surface area (TPSA) is 55.3 Å². The Morgan fingerprint density at radius 3 is 2.53 bits per heavy atom. The molecule has 168 valence electrons. The lowest BCUT2D eigenvalue weighted by Crippen LogP contribution is -2.50. The molecule has 4 rings (SSSR count). The van der Waals surface area contributed by atoms with E-state index in [1.807, 2.05) is 7.05 Å². The molecule has 1 aliphatic carbocycles. The zero-order valence-electron chi connectivity index (χ0n) is 18.3. The van der Waals surface area contributed by atoms with Crippen molar-refractivity contribution in [3.63, 3.8) is 0 Å². The molecule has 30 heavy (non-hydrogen) atoms. The minimum Gasteiger partial charge on any atom is -0.486 e. The summed E-state index contributed by atoms with van der Waals surface area (Å²) in [6.45, 7) is 7.05. The van der Waals surface area contributed by atoms with E-state index >= 15 is 0 Å². The van der Waals surface area contributed by atoms with E-state index in [4.69, 9.17) is 14.2 Å². The summed E-state index contributed by atoms with van der Waals surface area (Å²) in [4.78, 5) is 6.96. The number of piperidine rings is 1. The maximum absolute atomic E-state index is 5.85. The van der Waals surface area contributed by atoms with Gasteiger partial charge in [0.1, 0.15) is 13.2 Å². The fourth-order valence-electron chi connectivity index (χ4n) is 5.04. The SMILES string of the molecule is CCOC1CCN(C(=NC)NCC2(c3ccc4c(c3)OCCO4)CCCC2)CC1.I. The number of likely N-dealkylation sites (tertiary alicyclic amines) is 1. The predicted octanol–water partition coefficient (Wildman–Crippen LogP) is 3.96. The maximum Gasteiger partial charge on any atom is 0.193 e. The van der Waals surface area contributed by atoms with Crippen LogP contribution in [0.2, 0.25) is 0 Å². The molecule has 1 aromatic carbocycles. The first-order valence-corrected chi connectivity index (χ1v) is 11.2. The second kappa shape index (κ2) is 10.9. The highest BCUT2D eigenvalue weighted by Gasteiger charge is 2.37. The predicted molar refractivity (Wildman–Crippen MR) is 131 cm³/mol. The van der Waals surface area contributed by atoms with Crippen LogP contribution >= 0.6 is 24.0 Å². The molecule has 1 aromatic rings. The molecule has 1 saturated carbocycles. The number of ether oxygens (including phenoxy) is 3. The summed E-state index contributed by atoms with van der Waals surface area (Å²) in [7, 11) is 1.89. The number of hydrogen-bond donors (Lipinski definition) is 1. The highest BCUT2D eigenvalue weighted by molar-refractivity contribution is 14.0. The first-order chi connectivity index (χ1) is 14.2. The third kappa shape index (κ3) is 5.15. The second-order valence-electron chi connectivity index (χ2n) is 8.39. The van der Waals surface area contributed by atoms with Crippen molar-refractivity contribution in [3.8, 4) is 11.5 Å². The fraction of sp³-hybridized carbons (Fsp3) is 0.696. The minimum atomic E-state index is 0. The van der Waals surface area contributed by atoms with Crippen molar-refractivity contribution in [1.29, 1.82) is 0 Å². The van der Waals surface area contributed by atoms with Crippen LogP contribution in [0.1, 0.15) is 51.0 Å². The lowest BCUT2D eigenvalue weighted by molar-refractivity contribution is 0.0263. The van der Waals surface area contributed by atoms with Crippen LogP contribution in [0.4, 0.5) is 0 Å². The van der Waals surface area contributed by atoms with Crippen LogP contribution in [0, 0.1) is 0 Å². The number of rotatable bonds is 5. The van der Waals surface area contributed by atoms with E-state index in [2.05, 4.69) is 40.3 Å². The van der Waals surface area contributed by atoms with Crippen LogP contribution in [0.5, 0.6) is 11.5 Å². The molecule has 2 aliphatic heterocycles. The van der Waals surface area contributed by atoms with Gasteiger partial charge < -0.3 is 24.4 Å². The Labute approximate surface area is 197 Å². The largest absolute Gasteiger partial charge is 0.486 e. The van der Waals surface area contributed by atoms with Gasteiger partial charge in [0.15, 0.2) is 17.5 Å². The lowest BCUT2D eigenvalue weighted by Gasteiger charge is -2.37. The standard InChI is InChI=1S/C23H35N3O3.HI/c1-3-27-19-8-12-26(13-9-19)22(24-2)25-17-23(10-4-5-11-23)18-6-7-20-21(16-18)29-15-14-28-20;/h6-7,16,19H,3-5,8-15,17H2,1-2H3,(H,24,25);1H. The normalized spacial score (nSPS) is 21.3. The van der Waals surface area contributed by atoms with Gasteiger partial charge in [0, 0.05) is 38.7 Å². The number of guanidine groups is 1. The molecule has 0 aromatic heterocycles. The van der Waals surface area contributed by atoms with Gasteiger partial charge in [-0.1, -0.05) is 18.9 Å². The molecular weight excluding hydrogens is 493 g/mol. The molecule has 2 fully saturated rings. The van der Waals surface area contributed by atoms with E-state index in [0.29, 0.717) is 19.3 Å². The van der Waals surface area contributed by atoms with Crippen LogP contribution in [0.3, 0.4) is 0 Å². The summed E-state index contributed by atoms with van der Waals surface area (Å²) in [5.41, 5.74) is 1.49. The van der Waals surface area contributed by atoms with Crippen molar-refractivity contribution in [1.82, 2.24) is 10.2 Å². The number of aliphatic imine (C=N–C) groups is 1. The van der Waals surface area contributed by atoms with Gasteiger partial charge in [0.2, 0.25) is 0 Å². The van der Waals surface area contributed by atoms with Gasteiger partial charge in [-0.25, -0.2) is 0 Å². The highest BCUT2D eigenvalue weighted by Crippen LogP contribution is 2.43. The van der Waals surface area contributed by atoms with Crippen LogP contribution < -0.4 is 14.8 Å². The summed E-state index contributed by atoms with van der Waals surface area (Å²) >= 11 is 0. The van der Waals surface area contributed by atoms with Crippen LogP contribution in [-0.4, -0.2) is 63.5 Å². The molecule has 7 heteroatoms. The number of benzene rings is 1. The van der Waals surface area contributed by atoms with Crippen LogP contribution in [0.15, 0.2) is 23.2 Å². The zero-order valence-corrected chi connectivity index (χ0v) is 20.7. The molecule has 0 spiro atoms. The Morgan fingerprint density at radius 1 is 1.17 bits per heavy atom. The van der Waals surface area contributed by atoms with Gasteiger partial charge in [-0.05, 0) is 50.3 Å². The molecule has 1 saturated heterocycles. The molecule has 0 unspecified atom stereocenters. The highest BCUT2D eigenvalue weighted by atomic mass is 127. The molecule has 1 N–H and O–H groups in total. The van der Waals surface area contributed by atoms with Crippen molar-refractivity contribution in [2.24, 2.45) is 4.99 Å². The van der Waals surface area contributed by atoms with E-state index in [-0.39, 0.29) is 29.4 Å². The third-order valence-electron chi connectivity index (χ3n) is 6.66. The summed E-state index contributed by atoms with van der Waals surface area (Å²) in [5.74, 6) is 2.78. The smallest absolute Gasteiger partial charge is 0.193 e. The number of halogens is 1. The minimum absolute atomic E-state index is 0.